The largest absolute Gasteiger partial charge is 0.444 e. The molecular weight excluding hydrogens is 519 g/mol. The first-order chi connectivity index (χ1) is 17.7. The molecule has 1 rings (SSSR count). The number of alkyl halides is 3. The fourth-order valence-electron chi connectivity index (χ4n) is 4.29. The highest BCUT2D eigenvalue weighted by Crippen LogP contribution is 2.23. The Morgan fingerprint density at radius 3 is 2.10 bits per heavy atom. The van der Waals surface area contributed by atoms with Gasteiger partial charge in [0.25, 0.3) is 0 Å². The summed E-state index contributed by atoms with van der Waals surface area (Å²) in [6.45, 7) is 11.5. The first kappa shape index (κ1) is 34.5. The number of ether oxygens (including phenoxy) is 1. The van der Waals surface area contributed by atoms with Gasteiger partial charge in [0.15, 0.2) is 0 Å². The monoisotopic (exact) mass is 565 g/mol. The van der Waals surface area contributed by atoms with E-state index in [-0.39, 0.29) is 31.2 Å². The van der Waals surface area contributed by atoms with E-state index in [0.29, 0.717) is 6.42 Å². The van der Waals surface area contributed by atoms with Gasteiger partial charge in [0, 0.05) is 27.2 Å². The molecule has 3 N–H and O–H groups in total. The summed E-state index contributed by atoms with van der Waals surface area (Å²) in [5.74, 6) is -2.10. The molecule has 1 fully saturated rings. The van der Waals surface area contributed by atoms with E-state index in [1.165, 1.54) is 23.9 Å². The summed E-state index contributed by atoms with van der Waals surface area (Å²) in [5.41, 5.74) is -0.779. The third-order valence-corrected chi connectivity index (χ3v) is 6.17. The van der Waals surface area contributed by atoms with Crippen LogP contribution in [0.3, 0.4) is 0 Å². The molecule has 0 aromatic heterocycles. The molecule has 0 aromatic carbocycles. The van der Waals surface area contributed by atoms with Gasteiger partial charge in [-0.05, 0) is 51.9 Å². The maximum atomic E-state index is 13.9. The quantitative estimate of drug-likeness (QED) is 0.354. The highest BCUT2D eigenvalue weighted by Gasteiger charge is 2.44. The van der Waals surface area contributed by atoms with Crippen molar-refractivity contribution < 1.29 is 37.1 Å². The maximum absolute atomic E-state index is 13.9. The second kappa shape index (κ2) is 14.2. The summed E-state index contributed by atoms with van der Waals surface area (Å²) in [6.07, 6.45) is -4.58. The Kier molecular flexibility index (Phi) is 12.5. The number of carbonyl (C=O) groups is 4. The maximum Gasteiger partial charge on any atom is 0.408 e. The molecule has 0 spiro atoms. The molecule has 0 saturated carbocycles. The van der Waals surface area contributed by atoms with E-state index in [4.69, 9.17) is 4.74 Å². The summed E-state index contributed by atoms with van der Waals surface area (Å²) in [6, 6.07) is -5.22. The second-order valence-electron chi connectivity index (χ2n) is 12.0. The van der Waals surface area contributed by atoms with E-state index in [2.05, 4.69) is 16.0 Å². The molecule has 0 unspecified atom stereocenters. The molecular formula is C26H46F3N5O5. The van der Waals surface area contributed by atoms with Gasteiger partial charge >= 0.3 is 12.3 Å². The normalized spacial score (nSPS) is 18.5. The number of alkyl carbamates (subject to hydrolysis) is 1. The molecule has 13 heteroatoms. The lowest BCUT2D eigenvalue weighted by Crippen LogP contribution is -2.59. The number of carbonyl (C=O) groups excluding carboxylic acids is 4. The Bertz CT molecular complexity index is 858. The predicted molar refractivity (Wildman–Crippen MR) is 141 cm³/mol. The summed E-state index contributed by atoms with van der Waals surface area (Å²) in [5, 5.41) is 7.27. The standard InChI is InChI=1S/C26H46F3N5O5/c1-15(2)13-17(22(36)33(8)9)31-19(26(27,28)29)14-30-21(35)18-11-10-12-34(18)23(37)20(16(3)4)32-24(38)39-25(5,6)7/h15-20,31H,10-14H2,1-9H3,(H,30,35)(H,32,38)/t17-,18-,19-,20-/m0/s1. The number of hydrogen-bond acceptors (Lipinski definition) is 6. The number of rotatable bonds is 11. The number of amides is 4. The van der Waals surface area contributed by atoms with Crippen LogP contribution in [0.4, 0.5) is 18.0 Å². The third kappa shape index (κ3) is 11.2. The van der Waals surface area contributed by atoms with Gasteiger partial charge in [-0.15, -0.1) is 0 Å². The van der Waals surface area contributed by atoms with Crippen LogP contribution in [-0.4, -0.2) is 96.7 Å². The van der Waals surface area contributed by atoms with E-state index < -0.39 is 66.3 Å². The van der Waals surface area contributed by atoms with Gasteiger partial charge in [-0.3, -0.25) is 19.7 Å². The van der Waals surface area contributed by atoms with Crippen molar-refractivity contribution in [3.63, 3.8) is 0 Å². The summed E-state index contributed by atoms with van der Waals surface area (Å²) >= 11 is 0. The first-order valence-electron chi connectivity index (χ1n) is 13.4. The number of halogens is 3. The van der Waals surface area contributed by atoms with Crippen molar-refractivity contribution >= 4 is 23.8 Å². The van der Waals surface area contributed by atoms with Crippen LogP contribution in [0, 0.1) is 11.8 Å². The Labute approximate surface area is 229 Å². The molecule has 4 amide bonds. The summed E-state index contributed by atoms with van der Waals surface area (Å²) in [4.78, 5) is 53.7. The molecule has 39 heavy (non-hydrogen) atoms. The van der Waals surface area contributed by atoms with Gasteiger partial charge in [0.05, 0.1) is 6.04 Å². The zero-order chi connectivity index (χ0) is 30.3. The number of likely N-dealkylation sites (tertiary alicyclic amines) is 1. The lowest BCUT2D eigenvalue weighted by Gasteiger charge is -2.32. The average molecular weight is 566 g/mol. The molecule has 1 saturated heterocycles. The van der Waals surface area contributed by atoms with Crippen LogP contribution >= 0.6 is 0 Å². The van der Waals surface area contributed by atoms with Crippen LogP contribution in [0.2, 0.25) is 0 Å². The third-order valence-electron chi connectivity index (χ3n) is 6.17. The minimum absolute atomic E-state index is 0.0453. The van der Waals surface area contributed by atoms with Gasteiger partial charge in [-0.2, -0.15) is 13.2 Å². The van der Waals surface area contributed by atoms with E-state index in [1.807, 2.05) is 0 Å². The zero-order valence-electron chi connectivity index (χ0n) is 24.6. The minimum Gasteiger partial charge on any atom is -0.444 e. The molecule has 10 nitrogen and oxygen atoms in total. The number of hydrogen-bond donors (Lipinski definition) is 3. The van der Waals surface area contributed by atoms with E-state index in [0.717, 1.165) is 0 Å². The first-order valence-corrected chi connectivity index (χ1v) is 13.4. The number of nitrogens with one attached hydrogen (secondary N) is 3. The SMILES string of the molecule is CC(C)C[C@H](N[C@@H](CNC(=O)[C@@H]1CCCN1C(=O)[C@@H](NC(=O)OC(C)(C)C)C(C)C)C(F)(F)F)C(=O)N(C)C. The molecule has 4 atom stereocenters. The van der Waals surface area contributed by atoms with Crippen LogP contribution in [0.5, 0.6) is 0 Å². The van der Waals surface area contributed by atoms with Gasteiger partial charge in [0.1, 0.15) is 23.7 Å². The number of likely N-dealkylation sites (N-methyl/N-ethyl adjacent to an activating group) is 1. The Balaban J connectivity index is 2.99. The van der Waals surface area contributed by atoms with Crippen molar-refractivity contribution in [2.24, 2.45) is 11.8 Å². The fraction of sp³-hybridized carbons (Fsp3) is 0.846. The molecule has 0 aromatic rings. The smallest absolute Gasteiger partial charge is 0.408 e. The van der Waals surface area contributed by atoms with Crippen LogP contribution in [-0.2, 0) is 19.1 Å². The zero-order valence-corrected chi connectivity index (χ0v) is 24.6. The Morgan fingerprint density at radius 2 is 1.64 bits per heavy atom. The second-order valence-corrected chi connectivity index (χ2v) is 12.0. The van der Waals surface area contributed by atoms with Gasteiger partial charge < -0.3 is 25.2 Å². The van der Waals surface area contributed by atoms with Crippen molar-refractivity contribution in [1.29, 1.82) is 0 Å². The van der Waals surface area contributed by atoms with E-state index in [1.54, 1.807) is 48.5 Å². The highest BCUT2D eigenvalue weighted by atomic mass is 19.4. The van der Waals surface area contributed by atoms with E-state index >= 15 is 0 Å². The predicted octanol–water partition coefficient (Wildman–Crippen LogP) is 2.67. The van der Waals surface area contributed by atoms with Crippen LogP contribution in [0.15, 0.2) is 0 Å². The van der Waals surface area contributed by atoms with Crippen LogP contribution < -0.4 is 16.0 Å². The Morgan fingerprint density at radius 1 is 1.05 bits per heavy atom. The molecule has 1 aliphatic heterocycles. The van der Waals surface area contributed by atoms with Crippen molar-refractivity contribution in [1.82, 2.24) is 25.8 Å². The van der Waals surface area contributed by atoms with Crippen molar-refractivity contribution in [3.8, 4) is 0 Å². The molecule has 0 radical (unpaired) electrons. The van der Waals surface area contributed by atoms with Crippen molar-refractivity contribution in [2.45, 2.75) is 104 Å². The van der Waals surface area contributed by atoms with Crippen molar-refractivity contribution in [3.05, 3.63) is 0 Å². The Hall–Kier alpha value is -2.57. The molecule has 0 bridgehead atoms. The van der Waals surface area contributed by atoms with E-state index in [9.17, 15) is 32.3 Å². The average Bonchev–Trinajstić information content (AvgIpc) is 3.25. The van der Waals surface area contributed by atoms with Gasteiger partial charge in [0.2, 0.25) is 17.7 Å². The molecule has 0 aliphatic carbocycles. The molecule has 1 aliphatic rings. The highest BCUT2D eigenvalue weighted by molar-refractivity contribution is 5.92. The van der Waals surface area contributed by atoms with Gasteiger partial charge in [-0.25, -0.2) is 4.79 Å². The summed E-state index contributed by atoms with van der Waals surface area (Å²) in [7, 11) is 2.94. The van der Waals surface area contributed by atoms with Crippen LogP contribution in [0.25, 0.3) is 0 Å². The van der Waals surface area contributed by atoms with Gasteiger partial charge in [-0.1, -0.05) is 27.7 Å². The number of nitrogens with zero attached hydrogens (tertiary/aromatic N) is 2. The lowest BCUT2D eigenvalue weighted by atomic mass is 10.0. The topological polar surface area (TPSA) is 120 Å². The van der Waals surface area contributed by atoms with Crippen molar-refractivity contribution in [2.75, 3.05) is 27.2 Å². The lowest BCUT2D eigenvalue weighted by molar-refractivity contribution is -0.160. The molecule has 1 heterocycles. The minimum atomic E-state index is -4.74. The fourth-order valence-corrected chi connectivity index (χ4v) is 4.29. The summed E-state index contributed by atoms with van der Waals surface area (Å²) < 4.78 is 46.9. The van der Waals surface area contributed by atoms with Crippen LogP contribution in [0.1, 0.15) is 67.7 Å². The molecule has 226 valence electrons.